The van der Waals surface area contributed by atoms with Gasteiger partial charge < -0.3 is 10.8 Å². The molecule has 3 atom stereocenters. The predicted molar refractivity (Wildman–Crippen MR) is 44.6 cm³/mol. The van der Waals surface area contributed by atoms with Crippen LogP contribution in [0.4, 0.5) is 13.2 Å². The van der Waals surface area contributed by atoms with Crippen LogP contribution >= 0.6 is 0 Å². The van der Waals surface area contributed by atoms with Crippen LogP contribution in [0, 0.1) is 11.8 Å². The van der Waals surface area contributed by atoms with Crippen LogP contribution in [-0.4, -0.2) is 23.3 Å². The summed E-state index contributed by atoms with van der Waals surface area (Å²) < 4.78 is 36.6. The van der Waals surface area contributed by atoms with Crippen LogP contribution in [0.3, 0.4) is 0 Å². The van der Waals surface area contributed by atoms with E-state index < -0.39 is 36.4 Å². The molecule has 0 amide bonds. The largest absolute Gasteiger partial charge is 0.481 e. The van der Waals surface area contributed by atoms with Gasteiger partial charge in [0.25, 0.3) is 0 Å². The first kappa shape index (κ1) is 13.2. The van der Waals surface area contributed by atoms with Gasteiger partial charge in [-0.25, -0.2) is 0 Å². The smallest absolute Gasteiger partial charge is 0.391 e. The molecule has 3 unspecified atom stereocenters. The number of rotatable bonds is 4. The number of carboxylic acids is 1. The SMILES string of the molecule is CC(C(N)CC(=O)O)C(C)C(F)(F)F. The molecular weight excluding hydrogens is 199 g/mol. The average molecular weight is 213 g/mol. The van der Waals surface area contributed by atoms with E-state index >= 15 is 0 Å². The Morgan fingerprint density at radius 1 is 1.43 bits per heavy atom. The van der Waals surface area contributed by atoms with Crippen molar-refractivity contribution in [3.8, 4) is 0 Å². The lowest BCUT2D eigenvalue weighted by atomic mass is 9.87. The lowest BCUT2D eigenvalue weighted by Gasteiger charge is -2.26. The highest BCUT2D eigenvalue weighted by Crippen LogP contribution is 2.33. The first-order valence-electron chi connectivity index (χ1n) is 4.20. The van der Waals surface area contributed by atoms with Gasteiger partial charge in [0.15, 0.2) is 0 Å². The van der Waals surface area contributed by atoms with E-state index in [0.717, 1.165) is 6.92 Å². The molecule has 0 aromatic rings. The van der Waals surface area contributed by atoms with Crippen molar-refractivity contribution in [3.63, 3.8) is 0 Å². The molecular formula is C8H14F3NO2. The highest BCUT2D eigenvalue weighted by atomic mass is 19.4. The van der Waals surface area contributed by atoms with Gasteiger partial charge in [-0.05, 0) is 5.92 Å². The van der Waals surface area contributed by atoms with Crippen molar-refractivity contribution in [1.29, 1.82) is 0 Å². The lowest BCUT2D eigenvalue weighted by Crippen LogP contribution is -2.39. The van der Waals surface area contributed by atoms with E-state index in [1.165, 1.54) is 6.92 Å². The fraction of sp³-hybridized carbons (Fsp3) is 0.875. The monoisotopic (exact) mass is 213 g/mol. The van der Waals surface area contributed by atoms with Crippen molar-refractivity contribution in [2.45, 2.75) is 32.5 Å². The van der Waals surface area contributed by atoms with Crippen LogP contribution in [0.2, 0.25) is 0 Å². The second-order valence-corrected chi connectivity index (χ2v) is 3.45. The first-order chi connectivity index (χ1) is 6.16. The Bertz CT molecular complexity index is 205. The second kappa shape index (κ2) is 4.63. The zero-order chi connectivity index (χ0) is 11.5. The Labute approximate surface area is 80.1 Å². The molecule has 14 heavy (non-hydrogen) atoms. The molecule has 0 aliphatic heterocycles. The van der Waals surface area contributed by atoms with Gasteiger partial charge in [-0.1, -0.05) is 13.8 Å². The number of alkyl halides is 3. The average Bonchev–Trinajstić information content (AvgIpc) is 1.98. The predicted octanol–water partition coefficient (Wildman–Crippen LogP) is 1.62. The molecule has 0 bridgehead atoms. The van der Waals surface area contributed by atoms with Crippen molar-refractivity contribution in [3.05, 3.63) is 0 Å². The summed E-state index contributed by atoms with van der Waals surface area (Å²) in [6.45, 7) is 2.32. The van der Waals surface area contributed by atoms with Crippen LogP contribution in [0.25, 0.3) is 0 Å². The van der Waals surface area contributed by atoms with Crippen LogP contribution in [0.1, 0.15) is 20.3 Å². The molecule has 3 N–H and O–H groups in total. The summed E-state index contributed by atoms with van der Waals surface area (Å²) in [6.07, 6.45) is -4.77. The Hall–Kier alpha value is -0.780. The summed E-state index contributed by atoms with van der Waals surface area (Å²) in [4.78, 5) is 10.2. The summed E-state index contributed by atoms with van der Waals surface area (Å²) in [7, 11) is 0. The number of hydrogen-bond donors (Lipinski definition) is 2. The summed E-state index contributed by atoms with van der Waals surface area (Å²) in [6, 6.07) is -0.968. The number of hydrogen-bond acceptors (Lipinski definition) is 2. The highest BCUT2D eigenvalue weighted by Gasteiger charge is 2.41. The molecule has 0 heterocycles. The van der Waals surface area contributed by atoms with E-state index in [1.807, 2.05) is 0 Å². The maximum absolute atomic E-state index is 12.2. The van der Waals surface area contributed by atoms with Gasteiger partial charge in [-0.2, -0.15) is 13.2 Å². The fourth-order valence-electron chi connectivity index (χ4n) is 1.06. The number of carbonyl (C=O) groups is 1. The zero-order valence-corrected chi connectivity index (χ0v) is 8.01. The minimum absolute atomic E-state index is 0.443. The molecule has 3 nitrogen and oxygen atoms in total. The molecule has 0 aliphatic rings. The van der Waals surface area contributed by atoms with Crippen LogP contribution in [-0.2, 0) is 4.79 Å². The third-order valence-electron chi connectivity index (χ3n) is 2.39. The van der Waals surface area contributed by atoms with Crippen LogP contribution in [0.15, 0.2) is 0 Å². The zero-order valence-electron chi connectivity index (χ0n) is 8.01. The maximum Gasteiger partial charge on any atom is 0.391 e. The number of nitrogens with two attached hydrogens (primary N) is 1. The topological polar surface area (TPSA) is 63.3 Å². The van der Waals surface area contributed by atoms with E-state index in [4.69, 9.17) is 10.8 Å². The summed E-state index contributed by atoms with van der Waals surface area (Å²) in [5.74, 6) is -3.67. The van der Waals surface area contributed by atoms with E-state index in [-0.39, 0.29) is 0 Å². The molecule has 84 valence electrons. The normalized spacial score (nSPS) is 18.7. The molecule has 0 aliphatic carbocycles. The van der Waals surface area contributed by atoms with E-state index in [0.29, 0.717) is 0 Å². The molecule has 0 aromatic heterocycles. The van der Waals surface area contributed by atoms with Gasteiger partial charge in [-0.15, -0.1) is 0 Å². The third kappa shape index (κ3) is 3.95. The highest BCUT2D eigenvalue weighted by molar-refractivity contribution is 5.67. The summed E-state index contributed by atoms with van der Waals surface area (Å²) in [5, 5.41) is 8.36. The Morgan fingerprint density at radius 2 is 1.86 bits per heavy atom. The quantitative estimate of drug-likeness (QED) is 0.745. The fourth-order valence-corrected chi connectivity index (χ4v) is 1.06. The Kier molecular flexibility index (Phi) is 4.38. The third-order valence-corrected chi connectivity index (χ3v) is 2.39. The minimum Gasteiger partial charge on any atom is -0.481 e. The molecule has 0 rings (SSSR count). The van der Waals surface area contributed by atoms with Crippen LogP contribution in [0.5, 0.6) is 0 Å². The molecule has 0 fully saturated rings. The number of aliphatic carboxylic acids is 1. The lowest BCUT2D eigenvalue weighted by molar-refractivity contribution is -0.184. The van der Waals surface area contributed by atoms with E-state index in [9.17, 15) is 18.0 Å². The van der Waals surface area contributed by atoms with E-state index in [1.54, 1.807) is 0 Å². The summed E-state index contributed by atoms with van der Waals surface area (Å²) >= 11 is 0. The molecule has 0 spiro atoms. The van der Waals surface area contributed by atoms with Gasteiger partial charge in [0, 0.05) is 6.04 Å². The van der Waals surface area contributed by atoms with E-state index in [2.05, 4.69) is 0 Å². The van der Waals surface area contributed by atoms with Crippen molar-refractivity contribution in [1.82, 2.24) is 0 Å². The Morgan fingerprint density at radius 3 is 2.14 bits per heavy atom. The minimum atomic E-state index is -4.32. The van der Waals surface area contributed by atoms with Crippen molar-refractivity contribution in [2.75, 3.05) is 0 Å². The van der Waals surface area contributed by atoms with Gasteiger partial charge in [0.2, 0.25) is 0 Å². The molecule has 0 saturated heterocycles. The molecule has 0 saturated carbocycles. The van der Waals surface area contributed by atoms with Gasteiger partial charge in [0.05, 0.1) is 12.3 Å². The van der Waals surface area contributed by atoms with Crippen molar-refractivity contribution < 1.29 is 23.1 Å². The second-order valence-electron chi connectivity index (χ2n) is 3.45. The van der Waals surface area contributed by atoms with Gasteiger partial charge >= 0.3 is 12.1 Å². The van der Waals surface area contributed by atoms with Crippen LogP contribution < -0.4 is 5.73 Å². The summed E-state index contributed by atoms with van der Waals surface area (Å²) in [5.41, 5.74) is 5.33. The molecule has 6 heteroatoms. The molecule has 0 aromatic carbocycles. The number of halogens is 3. The maximum atomic E-state index is 12.2. The van der Waals surface area contributed by atoms with Crippen molar-refractivity contribution in [2.24, 2.45) is 17.6 Å². The Balaban J connectivity index is 4.31. The standard InChI is InChI=1S/C8H14F3NO2/c1-4(5(2)8(9,10)11)6(12)3-7(13)14/h4-6H,3,12H2,1-2H3,(H,13,14). The number of carboxylic acid groups (broad SMARTS) is 1. The first-order valence-corrected chi connectivity index (χ1v) is 4.20. The van der Waals surface area contributed by atoms with Crippen molar-refractivity contribution >= 4 is 5.97 Å². The van der Waals surface area contributed by atoms with Gasteiger partial charge in [-0.3, -0.25) is 4.79 Å². The molecule has 0 radical (unpaired) electrons. The van der Waals surface area contributed by atoms with Gasteiger partial charge in [0.1, 0.15) is 0 Å².